The molecular formula is C16H20N2O2S. The number of thiophene rings is 1. The molecule has 1 saturated heterocycles. The molecule has 3 rings (SSSR count). The molecular weight excluding hydrogens is 284 g/mol. The van der Waals surface area contributed by atoms with Crippen LogP contribution < -0.4 is 5.32 Å². The lowest BCUT2D eigenvalue weighted by Gasteiger charge is -2.32. The van der Waals surface area contributed by atoms with E-state index < -0.39 is 0 Å². The van der Waals surface area contributed by atoms with Crippen LogP contribution in [0.25, 0.3) is 10.1 Å². The van der Waals surface area contributed by atoms with Crippen LogP contribution in [-0.2, 0) is 4.74 Å². The highest BCUT2D eigenvalue weighted by Gasteiger charge is 2.18. The normalized spacial score (nSPS) is 17.8. The largest absolute Gasteiger partial charge is 0.379 e. The quantitative estimate of drug-likeness (QED) is 0.943. The Morgan fingerprint density at radius 2 is 2.14 bits per heavy atom. The Balaban J connectivity index is 1.58. The van der Waals surface area contributed by atoms with Crippen molar-refractivity contribution in [3.63, 3.8) is 0 Å². The molecule has 0 bridgehead atoms. The molecule has 1 unspecified atom stereocenters. The minimum atomic E-state index is 0.0244. The maximum absolute atomic E-state index is 12.3. The second-order valence-electron chi connectivity index (χ2n) is 5.36. The summed E-state index contributed by atoms with van der Waals surface area (Å²) < 4.78 is 6.51. The Labute approximate surface area is 128 Å². The van der Waals surface area contributed by atoms with Crippen LogP contribution in [0.1, 0.15) is 16.6 Å². The molecule has 0 saturated carbocycles. The monoisotopic (exact) mass is 304 g/mol. The number of carbonyl (C=O) groups excluding carboxylic acids is 1. The first kappa shape index (κ1) is 14.5. The highest BCUT2D eigenvalue weighted by molar-refractivity contribution is 7.20. The van der Waals surface area contributed by atoms with Gasteiger partial charge in [-0.3, -0.25) is 9.69 Å². The summed E-state index contributed by atoms with van der Waals surface area (Å²) in [7, 11) is 0. The lowest BCUT2D eigenvalue weighted by atomic mass is 10.2. The number of benzene rings is 1. The predicted octanol–water partition coefficient (Wildman–Crippen LogP) is 2.35. The van der Waals surface area contributed by atoms with Crippen LogP contribution in [-0.4, -0.2) is 49.7 Å². The van der Waals surface area contributed by atoms with Crippen LogP contribution in [0.2, 0.25) is 0 Å². The lowest BCUT2D eigenvalue weighted by Crippen LogP contribution is -2.47. The summed E-state index contributed by atoms with van der Waals surface area (Å²) in [6.07, 6.45) is 0. The summed E-state index contributed by atoms with van der Waals surface area (Å²) in [5.41, 5.74) is 0. The molecule has 112 valence electrons. The third-order valence-corrected chi connectivity index (χ3v) is 4.99. The zero-order valence-electron chi connectivity index (χ0n) is 12.2. The number of hydrogen-bond donors (Lipinski definition) is 1. The van der Waals surface area contributed by atoms with Gasteiger partial charge in [-0.1, -0.05) is 18.2 Å². The molecule has 0 radical (unpaired) electrons. The summed E-state index contributed by atoms with van der Waals surface area (Å²) >= 11 is 1.55. The molecule has 5 heteroatoms. The van der Waals surface area contributed by atoms with Crippen molar-refractivity contribution >= 4 is 27.3 Å². The zero-order valence-corrected chi connectivity index (χ0v) is 13.0. The van der Waals surface area contributed by atoms with Crippen molar-refractivity contribution < 1.29 is 9.53 Å². The molecule has 1 amide bonds. The molecule has 2 aromatic rings. The number of ether oxygens (including phenoxy) is 1. The minimum Gasteiger partial charge on any atom is -0.379 e. The molecule has 1 atom stereocenters. The second-order valence-corrected chi connectivity index (χ2v) is 6.44. The molecule has 1 aromatic carbocycles. The third kappa shape index (κ3) is 3.43. The fourth-order valence-corrected chi connectivity index (χ4v) is 3.55. The average molecular weight is 304 g/mol. The number of fused-ring (bicyclic) bond motifs is 1. The minimum absolute atomic E-state index is 0.0244. The summed E-state index contributed by atoms with van der Waals surface area (Å²) in [6.45, 7) is 6.28. The summed E-state index contributed by atoms with van der Waals surface area (Å²) in [5.74, 6) is 0.0244. The van der Waals surface area contributed by atoms with Gasteiger partial charge < -0.3 is 10.1 Å². The first-order chi connectivity index (χ1) is 10.2. The fourth-order valence-electron chi connectivity index (χ4n) is 2.57. The number of nitrogens with one attached hydrogen (secondary N) is 1. The number of amides is 1. The molecule has 1 fully saturated rings. The van der Waals surface area contributed by atoms with Crippen molar-refractivity contribution in [3.05, 3.63) is 35.2 Å². The van der Waals surface area contributed by atoms with Gasteiger partial charge in [0.05, 0.1) is 18.1 Å². The van der Waals surface area contributed by atoms with Crippen LogP contribution >= 0.6 is 11.3 Å². The van der Waals surface area contributed by atoms with Crippen molar-refractivity contribution in [1.29, 1.82) is 0 Å². The summed E-state index contributed by atoms with van der Waals surface area (Å²) in [5, 5.41) is 4.18. The van der Waals surface area contributed by atoms with Gasteiger partial charge in [0, 0.05) is 30.4 Å². The Bertz CT molecular complexity index is 587. The van der Waals surface area contributed by atoms with Gasteiger partial charge in [-0.15, -0.1) is 11.3 Å². The third-order valence-electron chi connectivity index (χ3n) is 3.88. The van der Waals surface area contributed by atoms with Crippen LogP contribution in [0, 0.1) is 0 Å². The molecule has 0 spiro atoms. The number of carbonyl (C=O) groups is 1. The van der Waals surface area contributed by atoms with Gasteiger partial charge in [-0.2, -0.15) is 0 Å². The molecule has 21 heavy (non-hydrogen) atoms. The number of nitrogens with zero attached hydrogens (tertiary/aromatic N) is 1. The van der Waals surface area contributed by atoms with Gasteiger partial charge in [0.25, 0.3) is 5.91 Å². The summed E-state index contributed by atoms with van der Waals surface area (Å²) in [4.78, 5) is 15.4. The topological polar surface area (TPSA) is 41.6 Å². The van der Waals surface area contributed by atoms with Crippen molar-refractivity contribution in [2.75, 3.05) is 32.8 Å². The van der Waals surface area contributed by atoms with E-state index in [2.05, 4.69) is 17.1 Å². The smallest absolute Gasteiger partial charge is 0.261 e. The number of hydrogen-bond acceptors (Lipinski definition) is 4. The Hall–Kier alpha value is -1.43. The van der Waals surface area contributed by atoms with Gasteiger partial charge in [0.2, 0.25) is 0 Å². The highest BCUT2D eigenvalue weighted by Crippen LogP contribution is 2.25. The van der Waals surface area contributed by atoms with Crippen LogP contribution in [0.5, 0.6) is 0 Å². The van der Waals surface area contributed by atoms with E-state index >= 15 is 0 Å². The molecule has 0 aliphatic carbocycles. The van der Waals surface area contributed by atoms with E-state index in [0.717, 1.165) is 41.3 Å². The van der Waals surface area contributed by atoms with E-state index in [9.17, 15) is 4.79 Å². The predicted molar refractivity (Wildman–Crippen MR) is 86.0 cm³/mol. The molecule has 1 aliphatic heterocycles. The second kappa shape index (κ2) is 6.56. The van der Waals surface area contributed by atoms with E-state index in [1.165, 1.54) is 0 Å². The molecule has 2 heterocycles. The van der Waals surface area contributed by atoms with Gasteiger partial charge in [0.1, 0.15) is 0 Å². The maximum Gasteiger partial charge on any atom is 0.261 e. The highest BCUT2D eigenvalue weighted by atomic mass is 32.1. The zero-order chi connectivity index (χ0) is 14.7. The van der Waals surface area contributed by atoms with E-state index in [0.29, 0.717) is 12.6 Å². The maximum atomic E-state index is 12.3. The van der Waals surface area contributed by atoms with Gasteiger partial charge in [-0.05, 0) is 24.4 Å². The first-order valence-corrected chi connectivity index (χ1v) is 8.14. The van der Waals surface area contributed by atoms with E-state index in [4.69, 9.17) is 4.74 Å². The van der Waals surface area contributed by atoms with Crippen molar-refractivity contribution in [2.24, 2.45) is 0 Å². The number of rotatable bonds is 4. The van der Waals surface area contributed by atoms with Gasteiger partial charge in [0.15, 0.2) is 0 Å². The average Bonchev–Trinajstić information content (AvgIpc) is 2.97. The fraction of sp³-hybridized carbons (Fsp3) is 0.438. The Kier molecular flexibility index (Phi) is 4.53. The van der Waals surface area contributed by atoms with Gasteiger partial charge in [-0.25, -0.2) is 0 Å². The lowest BCUT2D eigenvalue weighted by molar-refractivity contribution is 0.0204. The molecule has 1 aliphatic rings. The first-order valence-electron chi connectivity index (χ1n) is 7.32. The number of morpholine rings is 1. The van der Waals surface area contributed by atoms with Crippen molar-refractivity contribution in [2.45, 2.75) is 13.0 Å². The Morgan fingerprint density at radius 3 is 2.90 bits per heavy atom. The van der Waals surface area contributed by atoms with Crippen LogP contribution in [0.3, 0.4) is 0 Å². The van der Waals surface area contributed by atoms with Gasteiger partial charge >= 0.3 is 0 Å². The molecule has 4 nitrogen and oxygen atoms in total. The van der Waals surface area contributed by atoms with E-state index in [-0.39, 0.29) is 5.91 Å². The van der Waals surface area contributed by atoms with Crippen LogP contribution in [0.15, 0.2) is 30.3 Å². The van der Waals surface area contributed by atoms with Crippen molar-refractivity contribution in [1.82, 2.24) is 10.2 Å². The standard InChI is InChI=1S/C16H20N2O2S/c1-12(18-6-8-20-9-7-18)11-17-16(19)15-10-13-4-2-3-5-14(13)21-15/h2-5,10,12H,6-9,11H2,1H3,(H,17,19). The van der Waals surface area contributed by atoms with Crippen LogP contribution in [0.4, 0.5) is 0 Å². The van der Waals surface area contributed by atoms with E-state index in [1.807, 2.05) is 30.3 Å². The Morgan fingerprint density at radius 1 is 1.38 bits per heavy atom. The SMILES string of the molecule is CC(CNC(=O)c1cc2ccccc2s1)N1CCOCC1. The molecule has 1 N–H and O–H groups in total. The molecule has 1 aromatic heterocycles. The van der Waals surface area contributed by atoms with E-state index in [1.54, 1.807) is 11.3 Å². The van der Waals surface area contributed by atoms with Crippen molar-refractivity contribution in [3.8, 4) is 0 Å². The summed E-state index contributed by atoms with van der Waals surface area (Å²) in [6, 6.07) is 10.4.